The van der Waals surface area contributed by atoms with E-state index in [2.05, 4.69) is 146 Å². The van der Waals surface area contributed by atoms with Gasteiger partial charge in [-0.05, 0) is 69.8 Å². The lowest BCUT2D eigenvalue weighted by molar-refractivity contribution is 0.661. The molecule has 0 N–H and O–H groups in total. The first-order valence-electron chi connectivity index (χ1n) is 14.3. The molecule has 8 aromatic rings. The molecule has 1 nitrogen and oxygen atoms in total. The zero-order valence-corrected chi connectivity index (χ0v) is 23.8. The molecular formula is C39H27NS. The molecule has 0 bridgehead atoms. The standard InChI is InChI=1S/C39H27NS/c1-39(2)33-15-6-3-10-27(33)31-23-36-32(22-34(31)39)28-11-4-7-16-35(28)40(36)25-20-18-24(19-21-25)26-13-9-14-30-29-12-5-8-17-37(29)41-38(26)30/h3-23H,1-2H3. The van der Waals surface area contributed by atoms with E-state index in [9.17, 15) is 0 Å². The quantitative estimate of drug-likeness (QED) is 0.205. The van der Waals surface area contributed by atoms with E-state index in [4.69, 9.17) is 0 Å². The van der Waals surface area contributed by atoms with Crippen LogP contribution in [-0.4, -0.2) is 4.57 Å². The van der Waals surface area contributed by atoms with Crippen LogP contribution in [0.3, 0.4) is 0 Å². The molecule has 0 saturated heterocycles. The van der Waals surface area contributed by atoms with E-state index >= 15 is 0 Å². The Morgan fingerprint density at radius 1 is 0.512 bits per heavy atom. The molecule has 1 aliphatic rings. The molecule has 194 valence electrons. The number of fused-ring (bicyclic) bond motifs is 9. The van der Waals surface area contributed by atoms with Gasteiger partial charge in [0.2, 0.25) is 0 Å². The van der Waals surface area contributed by atoms with Crippen LogP contribution < -0.4 is 0 Å². The van der Waals surface area contributed by atoms with Crippen molar-refractivity contribution in [2.45, 2.75) is 19.3 Å². The van der Waals surface area contributed by atoms with Crippen LogP contribution in [0.1, 0.15) is 25.0 Å². The summed E-state index contributed by atoms with van der Waals surface area (Å²) in [6, 6.07) is 47.2. The van der Waals surface area contributed by atoms with Gasteiger partial charge in [0, 0.05) is 42.0 Å². The molecule has 0 spiro atoms. The molecular weight excluding hydrogens is 515 g/mol. The Labute approximate surface area is 242 Å². The fraction of sp³-hybridized carbons (Fsp3) is 0.0769. The van der Waals surface area contributed by atoms with Gasteiger partial charge in [0.1, 0.15) is 0 Å². The van der Waals surface area contributed by atoms with Crippen molar-refractivity contribution in [1.29, 1.82) is 0 Å². The first kappa shape index (κ1) is 23.1. The number of hydrogen-bond donors (Lipinski definition) is 0. The Bertz CT molecular complexity index is 2330. The van der Waals surface area contributed by atoms with Crippen molar-refractivity contribution in [3.05, 3.63) is 139 Å². The van der Waals surface area contributed by atoms with Crippen LogP contribution in [0.15, 0.2) is 127 Å². The number of nitrogens with zero attached hydrogens (tertiary/aromatic N) is 1. The number of aromatic nitrogens is 1. The zero-order chi connectivity index (χ0) is 27.3. The second-order valence-corrected chi connectivity index (χ2v) is 12.8. The highest BCUT2D eigenvalue weighted by atomic mass is 32.1. The highest BCUT2D eigenvalue weighted by molar-refractivity contribution is 7.26. The predicted octanol–water partition coefficient (Wildman–Crippen LogP) is 11.1. The largest absolute Gasteiger partial charge is 0.309 e. The first-order chi connectivity index (χ1) is 20.1. The van der Waals surface area contributed by atoms with Gasteiger partial charge in [-0.15, -0.1) is 11.3 Å². The minimum absolute atomic E-state index is 0.0153. The van der Waals surface area contributed by atoms with Gasteiger partial charge < -0.3 is 4.57 Å². The maximum atomic E-state index is 2.46. The monoisotopic (exact) mass is 541 g/mol. The molecule has 2 heteroatoms. The second-order valence-electron chi connectivity index (χ2n) is 11.8. The topological polar surface area (TPSA) is 4.93 Å². The molecule has 6 aromatic carbocycles. The van der Waals surface area contributed by atoms with Gasteiger partial charge in [-0.1, -0.05) is 105 Å². The molecule has 0 aliphatic heterocycles. The molecule has 9 rings (SSSR count). The van der Waals surface area contributed by atoms with E-state index in [1.54, 1.807) is 0 Å². The number of rotatable bonds is 2. The van der Waals surface area contributed by atoms with Gasteiger partial charge in [-0.3, -0.25) is 0 Å². The van der Waals surface area contributed by atoms with E-state index in [0.29, 0.717) is 0 Å². The summed E-state index contributed by atoms with van der Waals surface area (Å²) < 4.78 is 5.15. The van der Waals surface area contributed by atoms with E-state index in [1.807, 2.05) is 11.3 Å². The molecule has 0 saturated carbocycles. The first-order valence-corrected chi connectivity index (χ1v) is 15.1. The highest BCUT2D eigenvalue weighted by Crippen LogP contribution is 2.51. The van der Waals surface area contributed by atoms with Crippen molar-refractivity contribution in [3.63, 3.8) is 0 Å². The minimum atomic E-state index is -0.0153. The molecule has 1 aliphatic carbocycles. The highest BCUT2D eigenvalue weighted by Gasteiger charge is 2.36. The van der Waals surface area contributed by atoms with Crippen LogP contribution in [0.2, 0.25) is 0 Å². The average Bonchev–Trinajstić information content (AvgIpc) is 3.63. The smallest absolute Gasteiger partial charge is 0.0547 e. The van der Waals surface area contributed by atoms with Gasteiger partial charge in [-0.2, -0.15) is 0 Å². The summed E-state index contributed by atoms with van der Waals surface area (Å²) >= 11 is 1.89. The molecule has 41 heavy (non-hydrogen) atoms. The number of para-hydroxylation sites is 1. The summed E-state index contributed by atoms with van der Waals surface area (Å²) in [5, 5.41) is 5.30. The van der Waals surface area contributed by atoms with Crippen LogP contribution in [0.25, 0.3) is 69.9 Å². The summed E-state index contributed by atoms with van der Waals surface area (Å²) in [4.78, 5) is 0. The van der Waals surface area contributed by atoms with Gasteiger partial charge in [0.25, 0.3) is 0 Å². The number of benzene rings is 6. The average molecular weight is 542 g/mol. The summed E-state index contributed by atoms with van der Waals surface area (Å²) in [6.45, 7) is 4.72. The van der Waals surface area contributed by atoms with Crippen molar-refractivity contribution in [1.82, 2.24) is 4.57 Å². The van der Waals surface area contributed by atoms with Crippen LogP contribution in [0, 0.1) is 0 Å². The van der Waals surface area contributed by atoms with E-state index in [-0.39, 0.29) is 5.41 Å². The minimum Gasteiger partial charge on any atom is -0.309 e. The normalized spacial score (nSPS) is 13.8. The van der Waals surface area contributed by atoms with Crippen LogP contribution in [0.4, 0.5) is 0 Å². The molecule has 0 fully saturated rings. The van der Waals surface area contributed by atoms with Gasteiger partial charge in [0.05, 0.1) is 11.0 Å². The number of hydrogen-bond acceptors (Lipinski definition) is 1. The molecule has 2 aromatic heterocycles. The van der Waals surface area contributed by atoms with E-state index < -0.39 is 0 Å². The number of thiophene rings is 1. The summed E-state index contributed by atoms with van der Waals surface area (Å²) in [5.74, 6) is 0. The van der Waals surface area contributed by atoms with Crippen molar-refractivity contribution >= 4 is 53.3 Å². The summed E-state index contributed by atoms with van der Waals surface area (Å²) in [6.07, 6.45) is 0. The van der Waals surface area contributed by atoms with E-state index in [1.165, 1.54) is 81.0 Å². The van der Waals surface area contributed by atoms with Crippen LogP contribution in [-0.2, 0) is 5.41 Å². The second kappa shape index (κ2) is 8.19. The van der Waals surface area contributed by atoms with Gasteiger partial charge in [-0.25, -0.2) is 0 Å². The fourth-order valence-electron chi connectivity index (χ4n) is 7.21. The van der Waals surface area contributed by atoms with Gasteiger partial charge in [0.15, 0.2) is 0 Å². The molecule has 0 amide bonds. The fourth-order valence-corrected chi connectivity index (χ4v) is 8.44. The SMILES string of the molecule is CC1(C)c2ccccc2-c2cc3c(cc21)c1ccccc1n3-c1ccc(-c2cccc3c2sc2ccccc23)cc1. The molecule has 2 heterocycles. The van der Waals surface area contributed by atoms with Crippen molar-refractivity contribution in [2.24, 2.45) is 0 Å². The van der Waals surface area contributed by atoms with Crippen molar-refractivity contribution in [2.75, 3.05) is 0 Å². The maximum absolute atomic E-state index is 2.46. The molecule has 0 radical (unpaired) electrons. The Balaban J connectivity index is 1.25. The van der Waals surface area contributed by atoms with E-state index in [0.717, 1.165) is 0 Å². The lowest BCUT2D eigenvalue weighted by atomic mass is 9.82. The van der Waals surface area contributed by atoms with Crippen LogP contribution >= 0.6 is 11.3 Å². The lowest BCUT2D eigenvalue weighted by Crippen LogP contribution is -2.14. The third kappa shape index (κ3) is 3.11. The Kier molecular flexibility index (Phi) is 4.61. The van der Waals surface area contributed by atoms with Gasteiger partial charge >= 0.3 is 0 Å². The van der Waals surface area contributed by atoms with Crippen molar-refractivity contribution < 1.29 is 0 Å². The molecule has 0 atom stereocenters. The summed E-state index contributed by atoms with van der Waals surface area (Å²) in [5.41, 5.74) is 11.8. The summed E-state index contributed by atoms with van der Waals surface area (Å²) in [7, 11) is 0. The third-order valence-electron chi connectivity index (χ3n) is 9.22. The zero-order valence-electron chi connectivity index (χ0n) is 23.0. The Morgan fingerprint density at radius 3 is 2.10 bits per heavy atom. The van der Waals surface area contributed by atoms with Crippen molar-refractivity contribution in [3.8, 4) is 27.9 Å². The lowest BCUT2D eigenvalue weighted by Gasteiger charge is -2.21. The molecule has 0 unspecified atom stereocenters. The predicted molar refractivity (Wildman–Crippen MR) is 177 cm³/mol. The third-order valence-corrected chi connectivity index (χ3v) is 10.4. The van der Waals surface area contributed by atoms with Crippen LogP contribution in [0.5, 0.6) is 0 Å². The Hall–Kier alpha value is -4.66. The Morgan fingerprint density at radius 2 is 1.22 bits per heavy atom. The maximum Gasteiger partial charge on any atom is 0.0547 e.